The Morgan fingerprint density at radius 1 is 1.22 bits per heavy atom. The Hall–Kier alpha value is -2.54. The predicted molar refractivity (Wildman–Crippen MR) is 105 cm³/mol. The van der Waals surface area contributed by atoms with E-state index in [2.05, 4.69) is 26.2 Å². The van der Waals surface area contributed by atoms with Gasteiger partial charge in [-0.2, -0.15) is 0 Å². The van der Waals surface area contributed by atoms with Gasteiger partial charge in [-0.25, -0.2) is 0 Å². The van der Waals surface area contributed by atoms with Gasteiger partial charge in [0.05, 0.1) is 12.8 Å². The Bertz CT molecular complexity index is 956. The molecule has 0 atom stereocenters. The third-order valence-electron chi connectivity index (χ3n) is 4.98. The van der Waals surface area contributed by atoms with E-state index in [1.807, 2.05) is 35.2 Å². The van der Waals surface area contributed by atoms with Crippen LogP contribution in [0.15, 0.2) is 51.6 Å². The summed E-state index contributed by atoms with van der Waals surface area (Å²) in [6.07, 6.45) is 2.93. The minimum atomic E-state index is -0.0670. The Morgan fingerprint density at radius 3 is 2.78 bits per heavy atom. The summed E-state index contributed by atoms with van der Waals surface area (Å²) in [4.78, 5) is 30.1. The first-order chi connectivity index (χ1) is 13.1. The van der Waals surface area contributed by atoms with E-state index in [1.165, 1.54) is 0 Å². The molecule has 27 heavy (non-hydrogen) atoms. The number of nitrogens with zero attached hydrogens (tertiary/aromatic N) is 1. The second-order valence-corrected chi connectivity index (χ2v) is 7.69. The van der Waals surface area contributed by atoms with Gasteiger partial charge >= 0.3 is 0 Å². The molecule has 6 nitrogen and oxygen atoms in total. The summed E-state index contributed by atoms with van der Waals surface area (Å²) in [6, 6.07) is 11.4. The van der Waals surface area contributed by atoms with Crippen LogP contribution in [0.4, 0.5) is 0 Å². The van der Waals surface area contributed by atoms with Crippen molar-refractivity contribution in [3.63, 3.8) is 0 Å². The summed E-state index contributed by atoms with van der Waals surface area (Å²) in [5.74, 6) is 0.676. The lowest BCUT2D eigenvalue weighted by Crippen LogP contribution is -2.43. The molecule has 2 aromatic heterocycles. The number of nitrogens with one attached hydrogen (secondary N) is 2. The maximum Gasteiger partial charge on any atom is 0.270 e. The Balaban J connectivity index is 1.33. The number of carbonyl (C=O) groups is 2. The summed E-state index contributed by atoms with van der Waals surface area (Å²) in [6.45, 7) is 1.56. The fourth-order valence-corrected chi connectivity index (χ4v) is 3.82. The fourth-order valence-electron chi connectivity index (χ4n) is 3.46. The largest absolute Gasteiger partial charge is 0.467 e. The summed E-state index contributed by atoms with van der Waals surface area (Å²) < 4.78 is 6.20. The molecular weight excluding hydrogens is 410 g/mol. The Labute approximate surface area is 165 Å². The lowest BCUT2D eigenvalue weighted by Gasteiger charge is -2.31. The standard InChI is InChI=1S/C20H20BrN3O3/c21-15-4-3-14-10-18(23-17(14)11-15)20(26)24-7-5-13(6-8-24)19(25)22-12-16-2-1-9-27-16/h1-4,9-11,13,23H,5-8,12H2,(H,22,25). The zero-order chi connectivity index (χ0) is 18.8. The smallest absolute Gasteiger partial charge is 0.270 e. The highest BCUT2D eigenvalue weighted by Crippen LogP contribution is 2.23. The minimum Gasteiger partial charge on any atom is -0.467 e. The van der Waals surface area contributed by atoms with Gasteiger partial charge in [0, 0.05) is 34.4 Å². The van der Waals surface area contributed by atoms with Gasteiger partial charge in [-0.15, -0.1) is 0 Å². The molecule has 3 aromatic rings. The molecular formula is C20H20BrN3O3. The molecule has 1 aliphatic rings. The van der Waals surface area contributed by atoms with Gasteiger partial charge < -0.3 is 19.6 Å². The summed E-state index contributed by atoms with van der Waals surface area (Å²) in [7, 11) is 0. The van der Waals surface area contributed by atoms with Crippen molar-refractivity contribution in [1.29, 1.82) is 0 Å². The maximum atomic E-state index is 12.8. The Morgan fingerprint density at radius 2 is 2.04 bits per heavy atom. The second kappa shape index (κ2) is 7.60. The summed E-state index contributed by atoms with van der Waals surface area (Å²) in [5.41, 5.74) is 1.52. The van der Waals surface area contributed by atoms with Gasteiger partial charge in [0.25, 0.3) is 5.91 Å². The lowest BCUT2D eigenvalue weighted by atomic mass is 9.95. The molecule has 1 fully saturated rings. The zero-order valence-corrected chi connectivity index (χ0v) is 16.3. The summed E-state index contributed by atoms with van der Waals surface area (Å²) >= 11 is 3.44. The average molecular weight is 430 g/mol. The average Bonchev–Trinajstić information content (AvgIpc) is 3.35. The van der Waals surface area contributed by atoms with Crippen molar-refractivity contribution in [2.45, 2.75) is 19.4 Å². The highest BCUT2D eigenvalue weighted by atomic mass is 79.9. The van der Waals surface area contributed by atoms with Gasteiger partial charge in [-0.3, -0.25) is 9.59 Å². The number of piperidine rings is 1. The van der Waals surface area contributed by atoms with Crippen LogP contribution in [0.25, 0.3) is 10.9 Å². The van der Waals surface area contributed by atoms with Gasteiger partial charge in [0.1, 0.15) is 11.5 Å². The number of H-pyrrole nitrogens is 1. The molecule has 0 aliphatic carbocycles. The number of aromatic nitrogens is 1. The van der Waals surface area contributed by atoms with Crippen molar-refractivity contribution >= 4 is 38.6 Å². The van der Waals surface area contributed by atoms with Crippen LogP contribution in [0.3, 0.4) is 0 Å². The summed E-state index contributed by atoms with van der Waals surface area (Å²) in [5, 5.41) is 3.91. The first-order valence-electron chi connectivity index (χ1n) is 8.98. The Kier molecular flexibility index (Phi) is 5.03. The SMILES string of the molecule is O=C(NCc1ccco1)C1CCN(C(=O)c2cc3ccc(Br)cc3[nH]2)CC1. The number of rotatable bonds is 4. The van der Waals surface area contributed by atoms with Crippen LogP contribution in [0, 0.1) is 5.92 Å². The molecule has 7 heteroatoms. The molecule has 0 radical (unpaired) electrons. The molecule has 0 spiro atoms. The number of halogens is 1. The molecule has 1 saturated heterocycles. The predicted octanol–water partition coefficient (Wildman–Crippen LogP) is 3.69. The number of amides is 2. The molecule has 4 rings (SSSR count). The van der Waals surface area contributed by atoms with Crippen LogP contribution in [0.1, 0.15) is 29.1 Å². The maximum absolute atomic E-state index is 12.8. The lowest BCUT2D eigenvalue weighted by molar-refractivity contribution is -0.126. The number of aromatic amines is 1. The number of hydrogen-bond acceptors (Lipinski definition) is 3. The monoisotopic (exact) mass is 429 g/mol. The number of benzene rings is 1. The van der Waals surface area contributed by atoms with E-state index in [-0.39, 0.29) is 17.7 Å². The van der Waals surface area contributed by atoms with Crippen LogP contribution in [0.2, 0.25) is 0 Å². The third-order valence-corrected chi connectivity index (χ3v) is 5.48. The molecule has 1 aliphatic heterocycles. The topological polar surface area (TPSA) is 78.3 Å². The van der Waals surface area contributed by atoms with Gasteiger partial charge in [-0.1, -0.05) is 22.0 Å². The quantitative estimate of drug-likeness (QED) is 0.663. The highest BCUT2D eigenvalue weighted by molar-refractivity contribution is 9.10. The zero-order valence-electron chi connectivity index (χ0n) is 14.7. The van der Waals surface area contributed by atoms with E-state index < -0.39 is 0 Å². The molecule has 1 aromatic carbocycles. The first kappa shape index (κ1) is 17.9. The first-order valence-corrected chi connectivity index (χ1v) is 9.77. The molecule has 0 bridgehead atoms. The van der Waals surface area contributed by atoms with Gasteiger partial charge in [-0.05, 0) is 43.2 Å². The van der Waals surface area contributed by atoms with Gasteiger partial charge in [0.2, 0.25) is 5.91 Å². The van der Waals surface area contributed by atoms with Crippen molar-refractivity contribution in [1.82, 2.24) is 15.2 Å². The van der Waals surface area contributed by atoms with Crippen molar-refractivity contribution in [2.24, 2.45) is 5.92 Å². The van der Waals surface area contributed by atoms with Crippen LogP contribution >= 0.6 is 15.9 Å². The van der Waals surface area contributed by atoms with E-state index in [9.17, 15) is 9.59 Å². The van der Waals surface area contributed by atoms with Crippen molar-refractivity contribution in [3.05, 3.63) is 58.6 Å². The molecule has 2 N–H and O–H groups in total. The number of furan rings is 1. The van der Waals surface area contributed by atoms with Crippen LogP contribution < -0.4 is 5.32 Å². The van der Waals surface area contributed by atoms with Crippen molar-refractivity contribution in [3.8, 4) is 0 Å². The van der Waals surface area contributed by atoms with Gasteiger partial charge in [0.15, 0.2) is 0 Å². The molecule has 2 amide bonds. The van der Waals surface area contributed by atoms with Crippen molar-refractivity contribution < 1.29 is 14.0 Å². The van der Waals surface area contributed by atoms with E-state index in [0.717, 1.165) is 21.1 Å². The second-order valence-electron chi connectivity index (χ2n) is 6.78. The number of fused-ring (bicyclic) bond motifs is 1. The molecule has 0 saturated carbocycles. The van der Waals surface area contributed by atoms with E-state index >= 15 is 0 Å². The van der Waals surface area contributed by atoms with Crippen molar-refractivity contribution in [2.75, 3.05) is 13.1 Å². The number of hydrogen-bond donors (Lipinski definition) is 2. The normalized spacial score (nSPS) is 15.2. The van der Waals surface area contributed by atoms with Crippen LogP contribution in [0.5, 0.6) is 0 Å². The molecule has 0 unspecified atom stereocenters. The molecule has 140 valence electrons. The van der Waals surface area contributed by atoms with E-state index in [1.54, 1.807) is 12.3 Å². The number of likely N-dealkylation sites (tertiary alicyclic amines) is 1. The molecule has 3 heterocycles. The highest BCUT2D eigenvalue weighted by Gasteiger charge is 2.28. The fraction of sp³-hybridized carbons (Fsp3) is 0.300. The van der Waals surface area contributed by atoms with Crippen LogP contribution in [-0.2, 0) is 11.3 Å². The van der Waals surface area contributed by atoms with E-state index in [4.69, 9.17) is 4.42 Å². The minimum absolute atomic E-state index is 0.0169. The number of carbonyl (C=O) groups excluding carboxylic acids is 2. The van der Waals surface area contributed by atoms with Crippen LogP contribution in [-0.4, -0.2) is 34.8 Å². The van der Waals surface area contributed by atoms with E-state index in [0.29, 0.717) is 38.2 Å². The third kappa shape index (κ3) is 3.93.